The highest BCUT2D eigenvalue weighted by molar-refractivity contribution is 5.82. The number of rotatable bonds is 2. The lowest BCUT2D eigenvalue weighted by Gasteiger charge is -2.40. The van der Waals surface area contributed by atoms with Crippen molar-refractivity contribution >= 4 is 6.21 Å². The first-order valence-corrected chi connectivity index (χ1v) is 6.43. The van der Waals surface area contributed by atoms with Crippen LogP contribution >= 0.6 is 0 Å². The summed E-state index contributed by atoms with van der Waals surface area (Å²) in [6.07, 6.45) is 5.80. The highest BCUT2D eigenvalue weighted by atomic mass is 16.7. The van der Waals surface area contributed by atoms with Gasteiger partial charge in [0.05, 0.1) is 30.9 Å². The number of aliphatic imine (C=N–C) groups is 1. The molecular weight excluding hydrogens is 242 g/mol. The van der Waals surface area contributed by atoms with Gasteiger partial charge in [0.2, 0.25) is 0 Å². The topological polar surface area (TPSA) is 57.3 Å². The second-order valence-electron chi connectivity index (χ2n) is 5.06. The average molecular weight is 261 g/mol. The van der Waals surface area contributed by atoms with Gasteiger partial charge in [-0.25, -0.2) is 10.1 Å². The maximum atomic E-state index is 6.07. The lowest BCUT2D eigenvalue weighted by molar-refractivity contribution is -0.0974. The molecule has 0 aromatic carbocycles. The third kappa shape index (κ3) is 1.79. The summed E-state index contributed by atoms with van der Waals surface area (Å²) in [6, 6.07) is 0.389. The molecule has 0 saturated heterocycles. The van der Waals surface area contributed by atoms with E-state index in [0.717, 1.165) is 29.5 Å². The first-order chi connectivity index (χ1) is 9.11. The second kappa shape index (κ2) is 4.31. The summed E-state index contributed by atoms with van der Waals surface area (Å²) in [4.78, 5) is 14.3. The van der Waals surface area contributed by atoms with E-state index in [-0.39, 0.29) is 0 Å². The Balaban J connectivity index is 2.03. The van der Waals surface area contributed by atoms with Gasteiger partial charge < -0.3 is 15.5 Å². The number of nitrogens with two attached hydrogens (primary N) is 1. The quantitative estimate of drug-likeness (QED) is 0.796. The maximum Gasteiger partial charge on any atom is 0.139 e. The van der Waals surface area contributed by atoms with Crippen LogP contribution in [0.3, 0.4) is 0 Å². The minimum Gasteiger partial charge on any atom is -0.397 e. The van der Waals surface area contributed by atoms with Crippen LogP contribution < -0.4 is 5.73 Å². The molecule has 0 radical (unpaired) electrons. The van der Waals surface area contributed by atoms with Crippen LogP contribution in [0.4, 0.5) is 0 Å². The zero-order valence-electron chi connectivity index (χ0n) is 11.5. The van der Waals surface area contributed by atoms with Crippen LogP contribution in [0.25, 0.3) is 0 Å². The number of fused-ring (bicyclic) bond motifs is 2. The summed E-state index contributed by atoms with van der Waals surface area (Å²) in [5.74, 6) is 1.07. The predicted octanol–water partition coefficient (Wildman–Crippen LogP) is 0.784. The molecule has 0 aliphatic carbocycles. The monoisotopic (exact) mass is 261 g/mol. The van der Waals surface area contributed by atoms with E-state index < -0.39 is 0 Å². The van der Waals surface area contributed by atoms with Gasteiger partial charge in [-0.2, -0.15) is 0 Å². The molecule has 0 atom stereocenters. The number of hydrogen-bond acceptors (Lipinski definition) is 6. The molecule has 3 aliphatic heterocycles. The number of nitrogens with zero attached hydrogens (tertiary/aromatic N) is 4. The third-order valence-corrected chi connectivity index (χ3v) is 3.57. The molecule has 0 amide bonds. The normalized spacial score (nSPS) is 21.8. The van der Waals surface area contributed by atoms with Gasteiger partial charge in [0.15, 0.2) is 0 Å². The Hall–Kier alpha value is -1.95. The van der Waals surface area contributed by atoms with Crippen LogP contribution in [0.15, 0.2) is 40.2 Å². The smallest absolute Gasteiger partial charge is 0.139 e. The molecule has 0 saturated carbocycles. The van der Waals surface area contributed by atoms with Gasteiger partial charge >= 0.3 is 0 Å². The third-order valence-electron chi connectivity index (χ3n) is 3.57. The summed E-state index contributed by atoms with van der Waals surface area (Å²) >= 11 is 0. The molecule has 0 spiro atoms. The van der Waals surface area contributed by atoms with Crippen LogP contribution in [-0.2, 0) is 4.84 Å². The zero-order valence-corrected chi connectivity index (χ0v) is 11.5. The minimum atomic E-state index is 0.389. The largest absolute Gasteiger partial charge is 0.397 e. The summed E-state index contributed by atoms with van der Waals surface area (Å²) in [5.41, 5.74) is 8.71. The van der Waals surface area contributed by atoms with E-state index in [1.54, 1.807) is 12.2 Å². The van der Waals surface area contributed by atoms with E-state index in [1.807, 2.05) is 18.5 Å². The predicted molar refractivity (Wildman–Crippen MR) is 73.3 cm³/mol. The molecule has 19 heavy (non-hydrogen) atoms. The van der Waals surface area contributed by atoms with Gasteiger partial charge in [-0.15, -0.1) is 0 Å². The molecule has 0 aromatic rings. The Bertz CT molecular complexity index is 517. The van der Waals surface area contributed by atoms with Crippen molar-refractivity contribution in [2.75, 3.05) is 20.3 Å². The number of allylic oxidation sites excluding steroid dienone is 1. The van der Waals surface area contributed by atoms with Gasteiger partial charge in [0.1, 0.15) is 18.2 Å². The Kier molecular flexibility index (Phi) is 2.74. The Morgan fingerprint density at radius 2 is 2.21 bits per heavy atom. The molecule has 6 heteroatoms. The maximum absolute atomic E-state index is 6.07. The first-order valence-electron chi connectivity index (χ1n) is 6.43. The highest BCUT2D eigenvalue weighted by Gasteiger charge is 2.34. The van der Waals surface area contributed by atoms with Gasteiger partial charge in [0.25, 0.3) is 0 Å². The fraction of sp³-hybridized carbons (Fsp3) is 0.462. The van der Waals surface area contributed by atoms with Gasteiger partial charge in [-0.1, -0.05) is 0 Å². The molecule has 3 aliphatic rings. The van der Waals surface area contributed by atoms with Gasteiger partial charge in [0, 0.05) is 12.6 Å². The standard InChI is InChI=1S/C13H19N5O/c1-9(2)17-5-4-11(14)12-13(17)18-8-16(19-3)7-10(18)6-15-12/h4,6-7,9H,5,8,14H2,1-3H3. The molecule has 0 unspecified atom stereocenters. The van der Waals surface area contributed by atoms with E-state index in [9.17, 15) is 0 Å². The molecule has 6 nitrogen and oxygen atoms in total. The molecule has 3 rings (SSSR count). The number of hydrogen-bond donors (Lipinski definition) is 1. The van der Waals surface area contributed by atoms with Crippen molar-refractivity contribution in [2.45, 2.75) is 19.9 Å². The molecule has 102 valence electrons. The molecular formula is C13H19N5O. The van der Waals surface area contributed by atoms with Crippen LogP contribution in [0.2, 0.25) is 0 Å². The van der Waals surface area contributed by atoms with Crippen molar-refractivity contribution in [3.63, 3.8) is 0 Å². The molecule has 2 N–H and O–H groups in total. The van der Waals surface area contributed by atoms with E-state index in [1.165, 1.54) is 0 Å². The van der Waals surface area contributed by atoms with Gasteiger partial charge in [-0.3, -0.25) is 4.84 Å². The Morgan fingerprint density at radius 3 is 2.89 bits per heavy atom. The summed E-state index contributed by atoms with van der Waals surface area (Å²) in [6.45, 7) is 5.82. The van der Waals surface area contributed by atoms with E-state index in [2.05, 4.69) is 28.6 Å². The van der Waals surface area contributed by atoms with Crippen molar-refractivity contribution in [2.24, 2.45) is 10.7 Å². The first kappa shape index (κ1) is 12.1. The summed E-state index contributed by atoms with van der Waals surface area (Å²) < 4.78 is 0. The molecule has 3 heterocycles. The van der Waals surface area contributed by atoms with Crippen molar-refractivity contribution in [1.29, 1.82) is 0 Å². The summed E-state index contributed by atoms with van der Waals surface area (Å²) in [7, 11) is 1.66. The Morgan fingerprint density at radius 1 is 1.42 bits per heavy atom. The van der Waals surface area contributed by atoms with Crippen molar-refractivity contribution < 1.29 is 4.84 Å². The van der Waals surface area contributed by atoms with Gasteiger partial charge in [-0.05, 0) is 19.9 Å². The SMILES string of the molecule is CON1C=C2C=NC3=C(N2C1)N(C(C)C)CC=C3N. The molecule has 0 bridgehead atoms. The molecule has 0 fully saturated rings. The fourth-order valence-electron chi connectivity index (χ4n) is 2.53. The lowest BCUT2D eigenvalue weighted by atomic mass is 10.1. The second-order valence-corrected chi connectivity index (χ2v) is 5.06. The average Bonchev–Trinajstić information content (AvgIpc) is 2.82. The lowest BCUT2D eigenvalue weighted by Crippen LogP contribution is -2.44. The van der Waals surface area contributed by atoms with Crippen LogP contribution in [0.1, 0.15) is 13.8 Å². The summed E-state index contributed by atoms with van der Waals surface area (Å²) in [5, 5.41) is 1.78. The highest BCUT2D eigenvalue weighted by Crippen LogP contribution is 2.34. The van der Waals surface area contributed by atoms with Crippen molar-refractivity contribution in [3.05, 3.63) is 35.2 Å². The minimum absolute atomic E-state index is 0.389. The number of hydroxylamine groups is 2. The van der Waals surface area contributed by atoms with Crippen molar-refractivity contribution in [3.8, 4) is 0 Å². The Labute approximate surface area is 113 Å². The van der Waals surface area contributed by atoms with E-state index in [4.69, 9.17) is 10.6 Å². The van der Waals surface area contributed by atoms with E-state index in [0.29, 0.717) is 12.7 Å². The van der Waals surface area contributed by atoms with Crippen LogP contribution in [0, 0.1) is 0 Å². The zero-order chi connectivity index (χ0) is 13.6. The van der Waals surface area contributed by atoms with Crippen LogP contribution in [-0.4, -0.2) is 47.4 Å². The van der Waals surface area contributed by atoms with E-state index >= 15 is 0 Å². The fourth-order valence-corrected chi connectivity index (χ4v) is 2.53. The van der Waals surface area contributed by atoms with Crippen molar-refractivity contribution in [1.82, 2.24) is 14.9 Å². The van der Waals surface area contributed by atoms with Crippen LogP contribution in [0.5, 0.6) is 0 Å². The molecule has 0 aromatic heterocycles.